The Bertz CT molecular complexity index is 395. The van der Waals surface area contributed by atoms with Crippen LogP contribution in [0.1, 0.15) is 24.5 Å². The highest BCUT2D eigenvalue weighted by Crippen LogP contribution is 2.18. The second-order valence-corrected chi connectivity index (χ2v) is 3.82. The zero-order valence-electron chi connectivity index (χ0n) is 10.2. The molecule has 0 radical (unpaired) electrons. The van der Waals surface area contributed by atoms with Crippen LogP contribution in [0.3, 0.4) is 0 Å². The first-order valence-corrected chi connectivity index (χ1v) is 5.66. The van der Waals surface area contributed by atoms with Gasteiger partial charge in [-0.05, 0) is 24.1 Å². The van der Waals surface area contributed by atoms with E-state index in [1.807, 2.05) is 13.0 Å². The Kier molecular flexibility index (Phi) is 5.47. The lowest BCUT2D eigenvalue weighted by atomic mass is 10.1. The van der Waals surface area contributed by atoms with Crippen molar-refractivity contribution in [3.05, 3.63) is 29.3 Å². The summed E-state index contributed by atoms with van der Waals surface area (Å²) in [5.41, 5.74) is 1.54. The van der Waals surface area contributed by atoms with E-state index in [-0.39, 0.29) is 12.6 Å². The molecule has 0 heterocycles. The van der Waals surface area contributed by atoms with Crippen LogP contribution in [0.15, 0.2) is 18.2 Å². The van der Waals surface area contributed by atoms with E-state index >= 15 is 0 Å². The maximum absolute atomic E-state index is 9.05. The van der Waals surface area contributed by atoms with Gasteiger partial charge in [-0.2, -0.15) is 5.26 Å². The summed E-state index contributed by atoms with van der Waals surface area (Å²) in [5.74, 6) is 0.588. The maximum Gasteiger partial charge on any atom is 0.136 e. The number of methoxy groups -OCH3 is 1. The summed E-state index contributed by atoms with van der Waals surface area (Å²) in [7, 11) is 1.55. The quantitative estimate of drug-likeness (QED) is 0.781. The molecule has 1 rings (SSSR count). The fourth-order valence-corrected chi connectivity index (χ4v) is 1.55. The van der Waals surface area contributed by atoms with Crippen molar-refractivity contribution in [2.75, 3.05) is 13.7 Å². The Morgan fingerprint density at radius 2 is 2.29 bits per heavy atom. The summed E-state index contributed by atoms with van der Waals surface area (Å²) in [5, 5.41) is 21.2. The van der Waals surface area contributed by atoms with Gasteiger partial charge in [0, 0.05) is 12.6 Å². The van der Waals surface area contributed by atoms with Crippen LogP contribution < -0.4 is 10.1 Å². The number of aliphatic hydroxyl groups excluding tert-OH is 1. The molecule has 0 saturated heterocycles. The first kappa shape index (κ1) is 13.5. The van der Waals surface area contributed by atoms with Crippen molar-refractivity contribution in [2.24, 2.45) is 0 Å². The molecule has 0 bridgehead atoms. The van der Waals surface area contributed by atoms with Crippen molar-refractivity contribution < 1.29 is 9.84 Å². The molecule has 0 spiro atoms. The highest BCUT2D eigenvalue weighted by Gasteiger charge is 2.06. The van der Waals surface area contributed by atoms with Crippen LogP contribution >= 0.6 is 0 Å². The predicted octanol–water partition coefficient (Wildman–Crippen LogP) is 1.43. The van der Waals surface area contributed by atoms with Crippen LogP contribution in [0, 0.1) is 11.3 Å². The van der Waals surface area contributed by atoms with Crippen LogP contribution in [0.25, 0.3) is 0 Å². The molecule has 4 heteroatoms. The second-order valence-electron chi connectivity index (χ2n) is 3.82. The van der Waals surface area contributed by atoms with Gasteiger partial charge >= 0.3 is 0 Å². The summed E-state index contributed by atoms with van der Waals surface area (Å²) in [6.45, 7) is 2.78. The average molecular weight is 234 g/mol. The molecule has 1 atom stereocenters. The minimum atomic E-state index is 0.0997. The van der Waals surface area contributed by atoms with Gasteiger partial charge in [-0.25, -0.2) is 0 Å². The molecule has 17 heavy (non-hydrogen) atoms. The van der Waals surface area contributed by atoms with Gasteiger partial charge in [0.1, 0.15) is 11.8 Å². The molecule has 0 fully saturated rings. The van der Waals surface area contributed by atoms with Crippen LogP contribution in [0.4, 0.5) is 0 Å². The average Bonchev–Trinajstić information content (AvgIpc) is 2.39. The Hall–Kier alpha value is -1.57. The molecule has 0 aliphatic rings. The molecular weight excluding hydrogens is 216 g/mol. The smallest absolute Gasteiger partial charge is 0.136 e. The van der Waals surface area contributed by atoms with Crippen LogP contribution in [-0.4, -0.2) is 24.9 Å². The number of hydrogen-bond acceptors (Lipinski definition) is 4. The summed E-state index contributed by atoms with van der Waals surface area (Å²) in [6.07, 6.45) is 0.873. The van der Waals surface area contributed by atoms with E-state index in [4.69, 9.17) is 15.1 Å². The van der Waals surface area contributed by atoms with Gasteiger partial charge in [-0.3, -0.25) is 0 Å². The number of nitrogens with one attached hydrogen (secondary N) is 1. The van der Waals surface area contributed by atoms with E-state index in [2.05, 4.69) is 11.4 Å². The van der Waals surface area contributed by atoms with Gasteiger partial charge in [0.05, 0.1) is 19.3 Å². The number of ether oxygens (including phenoxy) is 1. The fourth-order valence-electron chi connectivity index (χ4n) is 1.55. The number of benzene rings is 1. The predicted molar refractivity (Wildman–Crippen MR) is 65.7 cm³/mol. The van der Waals surface area contributed by atoms with Gasteiger partial charge < -0.3 is 15.2 Å². The van der Waals surface area contributed by atoms with Crippen molar-refractivity contribution in [1.29, 1.82) is 5.26 Å². The largest absolute Gasteiger partial charge is 0.495 e. The van der Waals surface area contributed by atoms with E-state index in [0.29, 0.717) is 17.9 Å². The molecule has 2 N–H and O–H groups in total. The van der Waals surface area contributed by atoms with Crippen molar-refractivity contribution in [2.45, 2.75) is 25.9 Å². The Labute approximate surface area is 102 Å². The van der Waals surface area contributed by atoms with Crippen LogP contribution in [0.2, 0.25) is 0 Å². The molecule has 0 aliphatic carbocycles. The molecule has 1 aromatic carbocycles. The minimum Gasteiger partial charge on any atom is -0.495 e. The zero-order chi connectivity index (χ0) is 12.7. The number of aliphatic hydroxyl groups is 1. The topological polar surface area (TPSA) is 65.3 Å². The second kappa shape index (κ2) is 6.89. The van der Waals surface area contributed by atoms with E-state index in [1.54, 1.807) is 19.2 Å². The van der Waals surface area contributed by atoms with Crippen molar-refractivity contribution >= 4 is 0 Å². The van der Waals surface area contributed by atoms with Gasteiger partial charge in [0.15, 0.2) is 0 Å². The first-order chi connectivity index (χ1) is 8.24. The number of hydrogen-bond donors (Lipinski definition) is 2. The van der Waals surface area contributed by atoms with Crippen molar-refractivity contribution in [3.63, 3.8) is 0 Å². The zero-order valence-corrected chi connectivity index (χ0v) is 10.2. The third kappa shape index (κ3) is 3.74. The Morgan fingerprint density at radius 3 is 2.82 bits per heavy atom. The van der Waals surface area contributed by atoms with E-state index in [1.165, 1.54) is 0 Å². The van der Waals surface area contributed by atoms with Gasteiger partial charge in [-0.1, -0.05) is 13.0 Å². The molecule has 4 nitrogen and oxygen atoms in total. The third-order valence-electron chi connectivity index (χ3n) is 2.69. The lowest BCUT2D eigenvalue weighted by Gasteiger charge is -2.14. The molecule has 1 aromatic rings. The van der Waals surface area contributed by atoms with Gasteiger partial charge in [0.2, 0.25) is 0 Å². The standard InChI is InChI=1S/C13H18N2O2/c1-3-12(9-16)15-8-10-4-5-13(17-2)11(6-10)7-14/h4-6,12,15-16H,3,8-9H2,1-2H3/t12-/m1/s1. The Balaban J connectivity index is 2.70. The first-order valence-electron chi connectivity index (χ1n) is 5.66. The maximum atomic E-state index is 9.05. The summed E-state index contributed by atoms with van der Waals surface area (Å²) in [4.78, 5) is 0. The summed E-state index contributed by atoms with van der Waals surface area (Å²) in [6, 6.07) is 7.70. The number of nitriles is 1. The molecular formula is C13H18N2O2. The number of rotatable bonds is 6. The van der Waals surface area contributed by atoms with E-state index in [0.717, 1.165) is 12.0 Å². The van der Waals surface area contributed by atoms with E-state index < -0.39 is 0 Å². The highest BCUT2D eigenvalue weighted by molar-refractivity contribution is 5.45. The fraction of sp³-hybridized carbons (Fsp3) is 0.462. The molecule has 0 amide bonds. The third-order valence-corrected chi connectivity index (χ3v) is 2.69. The molecule has 0 aromatic heterocycles. The summed E-state index contributed by atoms with van der Waals surface area (Å²) < 4.78 is 5.08. The van der Waals surface area contributed by atoms with Crippen molar-refractivity contribution in [3.8, 4) is 11.8 Å². The van der Waals surface area contributed by atoms with Crippen LogP contribution in [-0.2, 0) is 6.54 Å². The molecule has 0 aliphatic heterocycles. The minimum absolute atomic E-state index is 0.0997. The monoisotopic (exact) mass is 234 g/mol. The van der Waals surface area contributed by atoms with Crippen LogP contribution in [0.5, 0.6) is 5.75 Å². The lowest BCUT2D eigenvalue weighted by Crippen LogP contribution is -2.31. The lowest BCUT2D eigenvalue weighted by molar-refractivity contribution is 0.238. The van der Waals surface area contributed by atoms with E-state index in [9.17, 15) is 0 Å². The van der Waals surface area contributed by atoms with Gasteiger partial charge in [0.25, 0.3) is 0 Å². The Morgan fingerprint density at radius 1 is 1.53 bits per heavy atom. The van der Waals surface area contributed by atoms with Crippen molar-refractivity contribution in [1.82, 2.24) is 5.32 Å². The number of nitrogens with zero attached hydrogens (tertiary/aromatic N) is 1. The molecule has 0 unspecified atom stereocenters. The molecule has 0 saturated carbocycles. The SMILES string of the molecule is CC[C@H](CO)NCc1ccc(OC)c(C#N)c1. The summed E-state index contributed by atoms with van der Waals surface area (Å²) >= 11 is 0. The molecule has 92 valence electrons. The normalized spacial score (nSPS) is 11.9. The van der Waals surface area contributed by atoms with Gasteiger partial charge in [-0.15, -0.1) is 0 Å². The highest BCUT2D eigenvalue weighted by atomic mass is 16.5.